The summed E-state index contributed by atoms with van der Waals surface area (Å²) in [5.41, 5.74) is 6.18. The van der Waals surface area contributed by atoms with Gasteiger partial charge < -0.3 is 0 Å². The fourth-order valence-corrected chi connectivity index (χ4v) is 4.72. The third kappa shape index (κ3) is 6.25. The van der Waals surface area contributed by atoms with E-state index >= 15 is 0 Å². The number of benzene rings is 1. The Morgan fingerprint density at radius 1 is 1.15 bits per heavy atom. The first-order chi connectivity index (χ1) is 12.8. The molecule has 1 aromatic heterocycles. The zero-order chi connectivity index (χ0) is 20.0. The molecule has 0 saturated carbocycles. The molecule has 0 aliphatic rings. The maximum atomic E-state index is 13.2. The molecule has 0 spiro atoms. The van der Waals surface area contributed by atoms with Gasteiger partial charge in [0.25, 0.3) is 0 Å². The van der Waals surface area contributed by atoms with Gasteiger partial charge in [-0.15, -0.1) is 0 Å². The van der Waals surface area contributed by atoms with Gasteiger partial charge >= 0.3 is 161 Å². The van der Waals surface area contributed by atoms with Crippen LogP contribution in [0.15, 0.2) is 42.7 Å². The average Bonchev–Trinajstić information content (AvgIpc) is 2.58. The molecule has 3 atom stereocenters. The number of amides is 2. The molecule has 2 aromatic rings. The van der Waals surface area contributed by atoms with Crippen molar-refractivity contribution < 1.29 is 23.2 Å². The molecule has 1 aromatic carbocycles. The fourth-order valence-electron chi connectivity index (χ4n) is 2.40. The standard InChI is InChI=1S/C18H18AsF2N3O3/c1-10(24-15(25)8-11-6-13(20)9-14(21)7-11)17(26)19-16(18(22)27)12-2-4-23-5-3-12/h2-7,9-10,16,19H,8H2,1H3,(H2,22,27)(H,24,25)/t10-,16?/m0/s1. The van der Waals surface area contributed by atoms with E-state index in [0.29, 0.717) is 11.6 Å². The van der Waals surface area contributed by atoms with Crippen LogP contribution < -0.4 is 11.1 Å². The molecule has 0 radical (unpaired) electrons. The van der Waals surface area contributed by atoms with Crippen LogP contribution in [0, 0.1) is 11.6 Å². The van der Waals surface area contributed by atoms with Gasteiger partial charge in [-0.05, 0) is 0 Å². The molecule has 3 N–H and O–H groups in total. The van der Waals surface area contributed by atoms with Crippen molar-refractivity contribution in [2.24, 2.45) is 5.73 Å². The Labute approximate surface area is 161 Å². The van der Waals surface area contributed by atoms with Gasteiger partial charge in [-0.3, -0.25) is 0 Å². The van der Waals surface area contributed by atoms with Crippen LogP contribution in [0.3, 0.4) is 0 Å². The average molecular weight is 437 g/mol. The summed E-state index contributed by atoms with van der Waals surface area (Å²) in [5, 5.41) is 2.50. The van der Waals surface area contributed by atoms with Crippen LogP contribution in [-0.4, -0.2) is 43.2 Å². The second-order valence-corrected chi connectivity index (χ2v) is 8.72. The molecule has 0 aliphatic carbocycles. The molecule has 6 nitrogen and oxygen atoms in total. The van der Waals surface area contributed by atoms with Crippen molar-refractivity contribution in [2.75, 3.05) is 0 Å². The number of hydrogen-bond acceptors (Lipinski definition) is 4. The van der Waals surface area contributed by atoms with Crippen molar-refractivity contribution in [3.8, 4) is 0 Å². The van der Waals surface area contributed by atoms with E-state index in [0.717, 1.165) is 12.1 Å². The Morgan fingerprint density at radius 2 is 1.74 bits per heavy atom. The van der Waals surface area contributed by atoms with E-state index in [1.807, 2.05) is 0 Å². The van der Waals surface area contributed by atoms with Crippen LogP contribution in [0.25, 0.3) is 0 Å². The minimum absolute atomic E-state index is 0.160. The van der Waals surface area contributed by atoms with Crippen LogP contribution in [-0.2, 0) is 20.8 Å². The van der Waals surface area contributed by atoms with Crippen LogP contribution in [0.1, 0.15) is 22.8 Å². The predicted molar refractivity (Wildman–Crippen MR) is 96.0 cm³/mol. The van der Waals surface area contributed by atoms with Gasteiger partial charge in [0, 0.05) is 0 Å². The predicted octanol–water partition coefficient (Wildman–Crippen LogP) is 0.597. The van der Waals surface area contributed by atoms with Crippen molar-refractivity contribution in [2.45, 2.75) is 24.1 Å². The number of carbonyl (C=O) groups is 3. The van der Waals surface area contributed by atoms with E-state index in [9.17, 15) is 23.2 Å². The van der Waals surface area contributed by atoms with E-state index in [2.05, 4.69) is 10.3 Å². The monoisotopic (exact) mass is 437 g/mol. The number of primary amides is 1. The van der Waals surface area contributed by atoms with Crippen LogP contribution in [0.4, 0.5) is 8.78 Å². The first-order valence-corrected chi connectivity index (χ1v) is 10.3. The molecule has 9 heteroatoms. The van der Waals surface area contributed by atoms with E-state index in [4.69, 9.17) is 5.73 Å². The van der Waals surface area contributed by atoms with Crippen molar-refractivity contribution in [1.29, 1.82) is 0 Å². The number of carbonyl (C=O) groups excluding carboxylic acids is 3. The third-order valence-corrected chi connectivity index (χ3v) is 7.08. The SMILES string of the molecule is C[C@H](NC(=O)Cc1cc(F)cc(F)c1)C(=O)[AsH]C(C(N)=O)c1ccncc1. The Bertz CT molecular complexity index is 829. The zero-order valence-corrected chi connectivity index (χ0v) is 16.5. The van der Waals surface area contributed by atoms with Crippen molar-refractivity contribution in [1.82, 2.24) is 10.3 Å². The molecule has 1 heterocycles. The van der Waals surface area contributed by atoms with Crippen LogP contribution >= 0.6 is 0 Å². The Balaban J connectivity index is 1.97. The van der Waals surface area contributed by atoms with E-state index in [1.165, 1.54) is 19.3 Å². The first-order valence-electron chi connectivity index (χ1n) is 8.00. The summed E-state index contributed by atoms with van der Waals surface area (Å²) < 4.78 is 25.4. The molecule has 27 heavy (non-hydrogen) atoms. The third-order valence-electron chi connectivity index (χ3n) is 3.67. The van der Waals surface area contributed by atoms with Gasteiger partial charge in [-0.2, -0.15) is 0 Å². The second kappa shape index (κ2) is 9.37. The number of halogens is 2. The molecule has 0 aliphatic heterocycles. The zero-order valence-electron chi connectivity index (χ0n) is 14.4. The number of nitrogens with one attached hydrogen (secondary N) is 1. The Hall–Kier alpha value is -2.60. The number of nitrogens with two attached hydrogens (primary N) is 1. The molecule has 0 saturated heterocycles. The number of rotatable bonds is 8. The summed E-state index contributed by atoms with van der Waals surface area (Å²) in [4.78, 5) is 40.0. The molecule has 0 fully saturated rings. The van der Waals surface area contributed by atoms with Gasteiger partial charge in [-0.25, -0.2) is 0 Å². The van der Waals surface area contributed by atoms with Crippen molar-refractivity contribution >= 4 is 32.1 Å². The molecule has 142 valence electrons. The Kier molecular flexibility index (Phi) is 7.18. The fraction of sp³-hybridized carbons (Fsp3) is 0.222. The van der Waals surface area contributed by atoms with E-state index in [-0.39, 0.29) is 16.6 Å². The van der Waals surface area contributed by atoms with Gasteiger partial charge in [0.1, 0.15) is 0 Å². The minimum atomic E-state index is -1.50. The summed E-state index contributed by atoms with van der Waals surface area (Å²) in [7, 11) is 0. The molecular weight excluding hydrogens is 419 g/mol. The maximum absolute atomic E-state index is 13.2. The number of hydrogen-bond donors (Lipinski definition) is 2. The summed E-state index contributed by atoms with van der Waals surface area (Å²) in [5.74, 6) is -2.72. The summed E-state index contributed by atoms with van der Waals surface area (Å²) in [6.07, 6.45) is 2.74. The first kappa shape index (κ1) is 20.7. The van der Waals surface area contributed by atoms with Gasteiger partial charge in [-0.1, -0.05) is 0 Å². The summed E-state index contributed by atoms with van der Waals surface area (Å²) >= 11 is -1.50. The summed E-state index contributed by atoms with van der Waals surface area (Å²) in [6.45, 7) is 1.50. The molecule has 2 rings (SSSR count). The van der Waals surface area contributed by atoms with Crippen LogP contribution in [0.2, 0.25) is 0 Å². The number of pyridine rings is 1. The van der Waals surface area contributed by atoms with Crippen molar-refractivity contribution in [3.05, 3.63) is 65.5 Å². The van der Waals surface area contributed by atoms with Crippen molar-refractivity contribution in [3.63, 3.8) is 0 Å². The van der Waals surface area contributed by atoms with Gasteiger partial charge in [0.05, 0.1) is 0 Å². The normalized spacial score (nSPS) is 13.3. The number of aromatic nitrogens is 1. The Morgan fingerprint density at radius 3 is 2.30 bits per heavy atom. The van der Waals surface area contributed by atoms with Crippen LogP contribution in [0.5, 0.6) is 0 Å². The quantitative estimate of drug-likeness (QED) is 0.591. The molecule has 0 bridgehead atoms. The summed E-state index contributed by atoms with van der Waals surface area (Å²) in [6, 6.07) is 5.22. The van der Waals surface area contributed by atoms with E-state index < -0.39 is 49.9 Å². The molecule has 2 unspecified atom stereocenters. The van der Waals surface area contributed by atoms with Gasteiger partial charge in [0.2, 0.25) is 0 Å². The van der Waals surface area contributed by atoms with Gasteiger partial charge in [0.15, 0.2) is 0 Å². The molecular formula is C18H18AsF2N3O3. The second-order valence-electron chi connectivity index (χ2n) is 5.87. The van der Waals surface area contributed by atoms with E-state index in [1.54, 1.807) is 12.1 Å². The topological polar surface area (TPSA) is 102 Å². The molecule has 2 amide bonds. The number of nitrogens with zero attached hydrogens (tertiary/aromatic N) is 1.